The molecule has 0 spiro atoms. The van der Waals surface area contributed by atoms with E-state index < -0.39 is 0 Å². The van der Waals surface area contributed by atoms with Crippen molar-refractivity contribution in [3.8, 4) is 0 Å². The summed E-state index contributed by atoms with van der Waals surface area (Å²) in [5.41, 5.74) is 3.17. The molecule has 0 saturated heterocycles. The number of rotatable bonds is 6. The summed E-state index contributed by atoms with van der Waals surface area (Å²) in [4.78, 5) is 0. The minimum Gasteiger partial charge on any atom is -0.0654 e. The van der Waals surface area contributed by atoms with Crippen LogP contribution in [0.3, 0.4) is 0 Å². The van der Waals surface area contributed by atoms with Gasteiger partial charge in [0.15, 0.2) is 0 Å². The second kappa shape index (κ2) is 8.90. The highest BCUT2D eigenvalue weighted by atomic mass is 14.3. The first-order valence-corrected chi connectivity index (χ1v) is 10.4. The summed E-state index contributed by atoms with van der Waals surface area (Å²) in [7, 11) is 0. The third-order valence-electron chi connectivity index (χ3n) is 6.56. The van der Waals surface area contributed by atoms with Gasteiger partial charge in [-0.1, -0.05) is 89.0 Å². The molecule has 2 saturated carbocycles. The largest absolute Gasteiger partial charge is 0.0654 e. The van der Waals surface area contributed by atoms with E-state index in [1.54, 1.807) is 11.1 Å². The van der Waals surface area contributed by atoms with E-state index in [-0.39, 0.29) is 0 Å². The first kappa shape index (κ1) is 17.1. The Morgan fingerprint density at radius 3 is 1.96 bits per heavy atom. The summed E-state index contributed by atoms with van der Waals surface area (Å²) in [6.45, 7) is 2.34. The van der Waals surface area contributed by atoms with Crippen molar-refractivity contribution in [3.05, 3.63) is 35.4 Å². The quantitative estimate of drug-likeness (QED) is 0.518. The Morgan fingerprint density at radius 1 is 0.739 bits per heavy atom. The zero-order valence-corrected chi connectivity index (χ0v) is 15.2. The smallest absolute Gasteiger partial charge is 0.0162 e. The molecular formula is C23H36. The highest BCUT2D eigenvalue weighted by Crippen LogP contribution is 2.35. The predicted molar refractivity (Wildman–Crippen MR) is 101 cm³/mol. The Hall–Kier alpha value is -0.780. The number of benzene rings is 1. The van der Waals surface area contributed by atoms with Gasteiger partial charge in [-0.3, -0.25) is 0 Å². The van der Waals surface area contributed by atoms with Crippen LogP contribution in [0.15, 0.2) is 24.3 Å². The van der Waals surface area contributed by atoms with Crippen LogP contribution in [0.4, 0.5) is 0 Å². The molecule has 0 heterocycles. The molecule has 2 fully saturated rings. The maximum absolute atomic E-state index is 2.43. The van der Waals surface area contributed by atoms with E-state index in [0.29, 0.717) is 0 Å². The molecule has 2 aliphatic rings. The SMILES string of the molecule is CCCC1CCC(CCc2ccc(C3CCCCC3)cc2)CC1. The molecule has 128 valence electrons. The molecule has 23 heavy (non-hydrogen) atoms. The second-order valence-corrected chi connectivity index (χ2v) is 8.29. The summed E-state index contributed by atoms with van der Waals surface area (Å²) >= 11 is 0. The van der Waals surface area contributed by atoms with Gasteiger partial charge in [-0.05, 0) is 54.6 Å². The van der Waals surface area contributed by atoms with Gasteiger partial charge in [-0.15, -0.1) is 0 Å². The summed E-state index contributed by atoms with van der Waals surface area (Å²) in [5.74, 6) is 2.90. The molecule has 1 aromatic carbocycles. The van der Waals surface area contributed by atoms with Crippen molar-refractivity contribution < 1.29 is 0 Å². The lowest BCUT2D eigenvalue weighted by Crippen LogP contribution is -2.15. The summed E-state index contributed by atoms with van der Waals surface area (Å²) < 4.78 is 0. The zero-order valence-electron chi connectivity index (χ0n) is 15.2. The second-order valence-electron chi connectivity index (χ2n) is 8.29. The molecule has 0 nitrogen and oxygen atoms in total. The van der Waals surface area contributed by atoms with Crippen LogP contribution in [-0.4, -0.2) is 0 Å². The number of hydrogen-bond donors (Lipinski definition) is 0. The first-order valence-electron chi connectivity index (χ1n) is 10.4. The van der Waals surface area contributed by atoms with Crippen LogP contribution < -0.4 is 0 Å². The number of hydrogen-bond acceptors (Lipinski definition) is 0. The molecule has 1 aromatic rings. The predicted octanol–water partition coefficient (Wildman–Crippen LogP) is 7.27. The Bertz CT molecular complexity index is 430. The highest BCUT2D eigenvalue weighted by Gasteiger charge is 2.20. The van der Waals surface area contributed by atoms with E-state index in [9.17, 15) is 0 Å². The Balaban J connectivity index is 1.42. The zero-order chi connectivity index (χ0) is 15.9. The van der Waals surface area contributed by atoms with Gasteiger partial charge in [0.25, 0.3) is 0 Å². The first-order chi connectivity index (χ1) is 11.3. The minimum absolute atomic E-state index is 0.853. The summed E-state index contributed by atoms with van der Waals surface area (Å²) in [6.07, 6.45) is 18.7. The van der Waals surface area contributed by atoms with Gasteiger partial charge in [0.2, 0.25) is 0 Å². The van der Waals surface area contributed by atoms with Crippen LogP contribution in [-0.2, 0) is 6.42 Å². The summed E-state index contributed by atoms with van der Waals surface area (Å²) in [6, 6.07) is 9.71. The third kappa shape index (κ3) is 5.10. The van der Waals surface area contributed by atoms with Gasteiger partial charge in [-0.2, -0.15) is 0 Å². The topological polar surface area (TPSA) is 0 Å². The standard InChI is InChI=1S/C23H36/c1-2-6-19-9-11-20(12-10-19)13-14-21-15-17-23(18-16-21)22-7-4-3-5-8-22/h15-20,22H,2-14H2,1H3. The molecule has 0 N–H and O–H groups in total. The molecule has 0 bridgehead atoms. The monoisotopic (exact) mass is 312 g/mol. The minimum atomic E-state index is 0.853. The van der Waals surface area contributed by atoms with Crippen LogP contribution in [0.1, 0.15) is 101 Å². The van der Waals surface area contributed by atoms with Crippen molar-refractivity contribution in [2.45, 2.75) is 96.3 Å². The van der Waals surface area contributed by atoms with Crippen LogP contribution in [0.5, 0.6) is 0 Å². The highest BCUT2D eigenvalue weighted by molar-refractivity contribution is 5.25. The van der Waals surface area contributed by atoms with Crippen LogP contribution in [0.25, 0.3) is 0 Å². The molecule has 2 aliphatic carbocycles. The molecule has 0 atom stereocenters. The van der Waals surface area contributed by atoms with Crippen molar-refractivity contribution in [2.75, 3.05) is 0 Å². The summed E-state index contributed by atoms with van der Waals surface area (Å²) in [5, 5.41) is 0. The van der Waals surface area contributed by atoms with Gasteiger partial charge < -0.3 is 0 Å². The third-order valence-corrected chi connectivity index (χ3v) is 6.56. The van der Waals surface area contributed by atoms with Crippen molar-refractivity contribution >= 4 is 0 Å². The van der Waals surface area contributed by atoms with Crippen molar-refractivity contribution in [1.82, 2.24) is 0 Å². The van der Waals surface area contributed by atoms with Crippen molar-refractivity contribution in [1.29, 1.82) is 0 Å². The fraction of sp³-hybridized carbons (Fsp3) is 0.739. The Kier molecular flexibility index (Phi) is 6.60. The van der Waals surface area contributed by atoms with E-state index in [0.717, 1.165) is 17.8 Å². The van der Waals surface area contributed by atoms with Gasteiger partial charge in [0.05, 0.1) is 0 Å². The lowest BCUT2D eigenvalue weighted by atomic mass is 9.78. The van der Waals surface area contributed by atoms with Crippen molar-refractivity contribution in [3.63, 3.8) is 0 Å². The van der Waals surface area contributed by atoms with Gasteiger partial charge in [-0.25, -0.2) is 0 Å². The van der Waals surface area contributed by atoms with E-state index in [1.165, 1.54) is 83.5 Å². The fourth-order valence-corrected chi connectivity index (χ4v) is 4.98. The molecule has 0 amide bonds. The lowest BCUT2D eigenvalue weighted by molar-refractivity contribution is 0.252. The van der Waals surface area contributed by atoms with E-state index in [2.05, 4.69) is 31.2 Å². The lowest BCUT2D eigenvalue weighted by Gasteiger charge is -2.28. The van der Waals surface area contributed by atoms with Gasteiger partial charge in [0, 0.05) is 0 Å². The maximum atomic E-state index is 2.43. The normalized spacial score (nSPS) is 26.3. The Morgan fingerprint density at radius 2 is 1.35 bits per heavy atom. The van der Waals surface area contributed by atoms with Crippen LogP contribution in [0, 0.1) is 11.8 Å². The van der Waals surface area contributed by atoms with Gasteiger partial charge >= 0.3 is 0 Å². The average molecular weight is 313 g/mol. The van der Waals surface area contributed by atoms with E-state index in [4.69, 9.17) is 0 Å². The van der Waals surface area contributed by atoms with Crippen LogP contribution >= 0.6 is 0 Å². The fourth-order valence-electron chi connectivity index (χ4n) is 4.98. The number of aryl methyl sites for hydroxylation is 1. The molecular weight excluding hydrogens is 276 g/mol. The van der Waals surface area contributed by atoms with Crippen molar-refractivity contribution in [2.24, 2.45) is 11.8 Å². The van der Waals surface area contributed by atoms with Crippen LogP contribution in [0.2, 0.25) is 0 Å². The maximum Gasteiger partial charge on any atom is -0.0162 e. The van der Waals surface area contributed by atoms with E-state index >= 15 is 0 Å². The average Bonchev–Trinajstić information content (AvgIpc) is 2.63. The molecule has 0 heteroatoms. The molecule has 0 unspecified atom stereocenters. The molecule has 3 rings (SSSR count). The molecule has 0 aliphatic heterocycles. The van der Waals surface area contributed by atoms with E-state index in [1.807, 2.05) is 0 Å². The molecule has 0 radical (unpaired) electrons. The van der Waals surface area contributed by atoms with Gasteiger partial charge in [0.1, 0.15) is 0 Å². The molecule has 0 aromatic heterocycles. The Labute approximate surface area is 144 Å².